The van der Waals surface area contributed by atoms with Crippen LogP contribution < -0.4 is 10.2 Å². The van der Waals surface area contributed by atoms with Gasteiger partial charge >= 0.3 is 0 Å². The van der Waals surface area contributed by atoms with Crippen LogP contribution in [0, 0.1) is 0 Å². The molecular weight excluding hydrogens is 260 g/mol. The van der Waals surface area contributed by atoms with E-state index in [4.69, 9.17) is 16.3 Å². The first kappa shape index (κ1) is 14.5. The highest BCUT2D eigenvalue weighted by molar-refractivity contribution is 6.33. The summed E-state index contributed by atoms with van der Waals surface area (Å²) < 4.78 is 5.40. The number of hydrogen-bond acceptors (Lipinski definition) is 3. The molecule has 1 aliphatic carbocycles. The van der Waals surface area contributed by atoms with Crippen molar-refractivity contribution in [3.8, 4) is 0 Å². The number of nitrogens with one attached hydrogen (secondary N) is 1. The molecule has 3 nitrogen and oxygen atoms in total. The van der Waals surface area contributed by atoms with E-state index < -0.39 is 0 Å². The molecule has 106 valence electrons. The lowest BCUT2D eigenvalue weighted by Crippen LogP contribution is -2.29. The lowest BCUT2D eigenvalue weighted by molar-refractivity contribution is 0.0682. The molecule has 0 heterocycles. The Morgan fingerprint density at radius 2 is 1.89 bits per heavy atom. The zero-order valence-corrected chi connectivity index (χ0v) is 12.7. The van der Waals surface area contributed by atoms with Gasteiger partial charge in [0.1, 0.15) is 0 Å². The standard InChI is InChI=1S/C15H23ClN2O/c1-18(2)15-9-6-12(10-14(15)16)17-11-4-7-13(19-3)8-5-11/h6,9-11,13,17H,4-5,7-8H2,1-3H3. The molecule has 0 atom stereocenters. The van der Waals surface area contributed by atoms with E-state index in [0.717, 1.165) is 42.1 Å². The van der Waals surface area contributed by atoms with Crippen molar-refractivity contribution in [3.63, 3.8) is 0 Å². The van der Waals surface area contributed by atoms with Gasteiger partial charge in [-0.3, -0.25) is 0 Å². The number of ether oxygens (including phenoxy) is 1. The molecule has 1 N–H and O–H groups in total. The Morgan fingerprint density at radius 1 is 1.21 bits per heavy atom. The van der Waals surface area contributed by atoms with Crippen LogP contribution in [0.3, 0.4) is 0 Å². The van der Waals surface area contributed by atoms with Crippen molar-refractivity contribution < 1.29 is 4.74 Å². The largest absolute Gasteiger partial charge is 0.382 e. The minimum atomic E-state index is 0.442. The number of hydrogen-bond donors (Lipinski definition) is 1. The Labute approximate surface area is 120 Å². The van der Waals surface area contributed by atoms with Gasteiger partial charge in [0.25, 0.3) is 0 Å². The van der Waals surface area contributed by atoms with E-state index in [0.29, 0.717) is 12.1 Å². The summed E-state index contributed by atoms with van der Waals surface area (Å²) in [7, 11) is 5.80. The van der Waals surface area contributed by atoms with Crippen LogP contribution in [0.2, 0.25) is 5.02 Å². The average molecular weight is 283 g/mol. The Morgan fingerprint density at radius 3 is 2.42 bits per heavy atom. The van der Waals surface area contributed by atoms with Gasteiger partial charge in [0.15, 0.2) is 0 Å². The quantitative estimate of drug-likeness (QED) is 0.910. The fourth-order valence-electron chi connectivity index (χ4n) is 2.64. The van der Waals surface area contributed by atoms with Crippen molar-refractivity contribution in [2.24, 2.45) is 0 Å². The van der Waals surface area contributed by atoms with Crippen LogP contribution in [0.1, 0.15) is 25.7 Å². The highest BCUT2D eigenvalue weighted by atomic mass is 35.5. The average Bonchev–Trinajstić information content (AvgIpc) is 2.39. The van der Waals surface area contributed by atoms with Gasteiger partial charge in [0.05, 0.1) is 16.8 Å². The third kappa shape index (κ3) is 3.77. The number of halogens is 1. The third-order valence-electron chi connectivity index (χ3n) is 3.81. The van der Waals surface area contributed by atoms with E-state index in [1.54, 1.807) is 7.11 Å². The van der Waals surface area contributed by atoms with E-state index >= 15 is 0 Å². The first-order chi connectivity index (χ1) is 9.10. The monoisotopic (exact) mass is 282 g/mol. The molecular formula is C15H23ClN2O. The summed E-state index contributed by atoms with van der Waals surface area (Å²) in [5.41, 5.74) is 2.16. The summed E-state index contributed by atoms with van der Waals surface area (Å²) in [5, 5.41) is 4.37. The molecule has 4 heteroatoms. The van der Waals surface area contributed by atoms with Crippen molar-refractivity contribution in [2.45, 2.75) is 37.8 Å². The Bertz CT molecular complexity index is 415. The van der Waals surface area contributed by atoms with Crippen molar-refractivity contribution >= 4 is 23.0 Å². The molecule has 0 amide bonds. The van der Waals surface area contributed by atoms with Gasteiger partial charge in [-0.1, -0.05) is 11.6 Å². The fraction of sp³-hybridized carbons (Fsp3) is 0.600. The molecule has 0 unspecified atom stereocenters. The predicted octanol–water partition coefficient (Wildman–Crippen LogP) is 3.78. The number of nitrogens with zero attached hydrogens (tertiary/aromatic N) is 1. The Hall–Kier alpha value is -0.930. The van der Waals surface area contributed by atoms with Crippen LogP contribution >= 0.6 is 11.6 Å². The molecule has 19 heavy (non-hydrogen) atoms. The van der Waals surface area contributed by atoms with Gasteiger partial charge in [-0.05, 0) is 43.9 Å². The van der Waals surface area contributed by atoms with E-state index in [2.05, 4.69) is 17.4 Å². The van der Waals surface area contributed by atoms with Crippen LogP contribution in [0.25, 0.3) is 0 Å². The molecule has 1 aromatic carbocycles. The van der Waals surface area contributed by atoms with Crippen molar-refractivity contribution in [1.82, 2.24) is 0 Å². The van der Waals surface area contributed by atoms with Crippen molar-refractivity contribution in [3.05, 3.63) is 23.2 Å². The normalized spacial score (nSPS) is 23.2. The summed E-state index contributed by atoms with van der Waals surface area (Å²) in [6.45, 7) is 0. The number of anilines is 2. The molecule has 1 saturated carbocycles. The minimum absolute atomic E-state index is 0.442. The van der Waals surface area contributed by atoms with Gasteiger partial charge < -0.3 is 15.0 Å². The fourth-order valence-corrected chi connectivity index (χ4v) is 2.99. The van der Waals surface area contributed by atoms with Gasteiger partial charge in [-0.2, -0.15) is 0 Å². The second-order valence-electron chi connectivity index (χ2n) is 5.41. The zero-order chi connectivity index (χ0) is 13.8. The molecule has 0 saturated heterocycles. The highest BCUT2D eigenvalue weighted by Crippen LogP contribution is 2.29. The Kier molecular flexibility index (Phi) is 4.94. The molecule has 2 rings (SSSR count). The molecule has 0 aliphatic heterocycles. The van der Waals surface area contributed by atoms with Crippen molar-refractivity contribution in [2.75, 3.05) is 31.4 Å². The number of rotatable bonds is 4. The summed E-state index contributed by atoms with van der Waals surface area (Å²) >= 11 is 6.29. The number of methoxy groups -OCH3 is 1. The Balaban J connectivity index is 1.95. The molecule has 0 spiro atoms. The van der Waals surface area contributed by atoms with Crippen LogP contribution in [-0.4, -0.2) is 33.4 Å². The summed E-state index contributed by atoms with van der Waals surface area (Å²) in [6, 6.07) is 6.71. The van der Waals surface area contributed by atoms with Gasteiger partial charge in [-0.15, -0.1) is 0 Å². The van der Waals surface area contributed by atoms with Crippen LogP contribution in [0.15, 0.2) is 18.2 Å². The molecule has 0 radical (unpaired) electrons. The minimum Gasteiger partial charge on any atom is -0.382 e. The molecule has 1 aliphatic rings. The van der Waals surface area contributed by atoms with Crippen LogP contribution in [0.5, 0.6) is 0 Å². The van der Waals surface area contributed by atoms with E-state index in [9.17, 15) is 0 Å². The van der Waals surface area contributed by atoms with Gasteiger partial charge in [-0.25, -0.2) is 0 Å². The van der Waals surface area contributed by atoms with Crippen molar-refractivity contribution in [1.29, 1.82) is 0 Å². The topological polar surface area (TPSA) is 24.5 Å². The molecule has 1 aromatic rings. The van der Waals surface area contributed by atoms with E-state index in [-0.39, 0.29) is 0 Å². The first-order valence-corrected chi connectivity index (χ1v) is 7.24. The lowest BCUT2D eigenvalue weighted by atomic mass is 9.93. The smallest absolute Gasteiger partial charge is 0.0659 e. The highest BCUT2D eigenvalue weighted by Gasteiger charge is 2.20. The predicted molar refractivity (Wildman–Crippen MR) is 82.5 cm³/mol. The maximum absolute atomic E-state index is 6.29. The molecule has 0 bridgehead atoms. The summed E-state index contributed by atoms with van der Waals surface area (Å²) in [5.74, 6) is 0. The summed E-state index contributed by atoms with van der Waals surface area (Å²) in [4.78, 5) is 2.02. The third-order valence-corrected chi connectivity index (χ3v) is 4.11. The van der Waals surface area contributed by atoms with Crippen LogP contribution in [-0.2, 0) is 4.74 Å². The number of benzene rings is 1. The SMILES string of the molecule is COC1CCC(Nc2ccc(N(C)C)c(Cl)c2)CC1. The second-order valence-corrected chi connectivity index (χ2v) is 5.82. The lowest BCUT2D eigenvalue weighted by Gasteiger charge is -2.29. The van der Waals surface area contributed by atoms with Gasteiger partial charge in [0.2, 0.25) is 0 Å². The van der Waals surface area contributed by atoms with Gasteiger partial charge in [0, 0.05) is 32.9 Å². The molecule has 1 fully saturated rings. The summed E-state index contributed by atoms with van der Waals surface area (Å²) in [6.07, 6.45) is 5.03. The molecule has 0 aromatic heterocycles. The maximum atomic E-state index is 6.29. The maximum Gasteiger partial charge on any atom is 0.0659 e. The second kappa shape index (κ2) is 6.49. The zero-order valence-electron chi connectivity index (χ0n) is 11.9. The van der Waals surface area contributed by atoms with E-state index in [1.165, 1.54) is 0 Å². The van der Waals surface area contributed by atoms with E-state index in [1.807, 2.05) is 25.1 Å². The van der Waals surface area contributed by atoms with Crippen LogP contribution in [0.4, 0.5) is 11.4 Å². The first-order valence-electron chi connectivity index (χ1n) is 6.86.